The molecule has 1 saturated carbocycles. The SMILES string of the molecule is CCOc1ccccc1Nc1nnc(SCC(=O)c2ccc(C3CCCCC3)cc2)s1. The van der Waals surface area contributed by atoms with E-state index >= 15 is 0 Å². The van der Waals surface area contributed by atoms with Gasteiger partial charge in [-0.15, -0.1) is 10.2 Å². The van der Waals surface area contributed by atoms with Crippen molar-refractivity contribution in [2.24, 2.45) is 0 Å². The first-order valence-electron chi connectivity index (χ1n) is 10.8. The summed E-state index contributed by atoms with van der Waals surface area (Å²) in [5, 5.41) is 12.3. The summed E-state index contributed by atoms with van der Waals surface area (Å²) in [5.74, 6) is 1.91. The molecule has 5 nitrogen and oxygen atoms in total. The van der Waals surface area contributed by atoms with Gasteiger partial charge < -0.3 is 10.1 Å². The van der Waals surface area contributed by atoms with Gasteiger partial charge in [0.25, 0.3) is 0 Å². The highest BCUT2D eigenvalue weighted by Gasteiger charge is 2.16. The predicted octanol–water partition coefficient (Wildman–Crippen LogP) is 6.70. The van der Waals surface area contributed by atoms with Gasteiger partial charge in [0.1, 0.15) is 5.75 Å². The molecule has 1 aromatic heterocycles. The molecule has 0 atom stereocenters. The van der Waals surface area contributed by atoms with Crippen molar-refractivity contribution in [3.63, 3.8) is 0 Å². The smallest absolute Gasteiger partial charge is 0.210 e. The number of ketones is 1. The number of hydrogen-bond donors (Lipinski definition) is 1. The summed E-state index contributed by atoms with van der Waals surface area (Å²) in [6.45, 7) is 2.55. The van der Waals surface area contributed by atoms with Gasteiger partial charge in [-0.2, -0.15) is 0 Å². The van der Waals surface area contributed by atoms with Crippen LogP contribution in [0, 0.1) is 0 Å². The van der Waals surface area contributed by atoms with Crippen molar-refractivity contribution < 1.29 is 9.53 Å². The van der Waals surface area contributed by atoms with Crippen LogP contribution >= 0.6 is 23.1 Å². The first kappa shape index (κ1) is 21.8. The second kappa shape index (κ2) is 10.8. The minimum absolute atomic E-state index is 0.117. The predicted molar refractivity (Wildman–Crippen MR) is 128 cm³/mol. The molecule has 2 aromatic carbocycles. The van der Waals surface area contributed by atoms with E-state index in [1.165, 1.54) is 60.8 Å². The molecule has 1 N–H and O–H groups in total. The Morgan fingerprint density at radius 1 is 1.10 bits per heavy atom. The lowest BCUT2D eigenvalue weighted by atomic mass is 9.84. The van der Waals surface area contributed by atoms with Crippen LogP contribution in [0.25, 0.3) is 0 Å². The van der Waals surface area contributed by atoms with Crippen molar-refractivity contribution in [2.75, 3.05) is 17.7 Å². The molecule has 1 fully saturated rings. The Bertz CT molecular complexity index is 998. The summed E-state index contributed by atoms with van der Waals surface area (Å²) in [6, 6.07) is 16.0. The summed E-state index contributed by atoms with van der Waals surface area (Å²) >= 11 is 2.86. The van der Waals surface area contributed by atoms with Gasteiger partial charge in [0.2, 0.25) is 5.13 Å². The molecular formula is C24H27N3O2S2. The number of nitrogens with one attached hydrogen (secondary N) is 1. The Labute approximate surface area is 191 Å². The molecule has 0 unspecified atom stereocenters. The molecule has 0 radical (unpaired) electrons. The number of aromatic nitrogens is 2. The first-order valence-corrected chi connectivity index (χ1v) is 12.6. The second-order valence-corrected chi connectivity index (χ2v) is 9.80. The summed E-state index contributed by atoms with van der Waals surface area (Å²) in [6.07, 6.45) is 6.53. The van der Waals surface area contributed by atoms with E-state index in [0.29, 0.717) is 23.4 Å². The molecule has 0 bridgehead atoms. The third-order valence-electron chi connectivity index (χ3n) is 5.47. The molecule has 1 heterocycles. The fraction of sp³-hybridized carbons (Fsp3) is 0.375. The fourth-order valence-corrected chi connectivity index (χ4v) is 5.53. The number of nitrogens with zero attached hydrogens (tertiary/aromatic N) is 2. The van der Waals surface area contributed by atoms with Crippen molar-refractivity contribution in [3.8, 4) is 5.75 Å². The lowest BCUT2D eigenvalue weighted by Crippen LogP contribution is -2.06. The third kappa shape index (κ3) is 5.86. The number of para-hydroxylation sites is 2. The largest absolute Gasteiger partial charge is 0.492 e. The maximum absolute atomic E-state index is 12.6. The number of carbonyl (C=O) groups is 1. The van der Waals surface area contributed by atoms with Crippen LogP contribution in [0.1, 0.15) is 60.9 Å². The van der Waals surface area contributed by atoms with Gasteiger partial charge in [0.05, 0.1) is 18.0 Å². The van der Waals surface area contributed by atoms with Crippen LogP contribution in [0.3, 0.4) is 0 Å². The molecule has 4 rings (SSSR count). The van der Waals surface area contributed by atoms with E-state index in [9.17, 15) is 4.79 Å². The van der Waals surface area contributed by atoms with Gasteiger partial charge in [-0.3, -0.25) is 4.79 Å². The van der Waals surface area contributed by atoms with Gasteiger partial charge in [-0.1, -0.05) is 78.8 Å². The van der Waals surface area contributed by atoms with E-state index in [1.807, 2.05) is 43.3 Å². The number of ether oxygens (including phenoxy) is 1. The zero-order valence-corrected chi connectivity index (χ0v) is 19.3. The first-order chi connectivity index (χ1) is 15.2. The van der Waals surface area contributed by atoms with Gasteiger partial charge in [0.15, 0.2) is 10.1 Å². The van der Waals surface area contributed by atoms with Gasteiger partial charge in [-0.05, 0) is 43.4 Å². The highest BCUT2D eigenvalue weighted by molar-refractivity contribution is 8.01. The molecule has 7 heteroatoms. The maximum Gasteiger partial charge on any atom is 0.210 e. The third-order valence-corrected chi connectivity index (χ3v) is 7.44. The second-order valence-electron chi connectivity index (χ2n) is 7.60. The van der Waals surface area contributed by atoms with Crippen LogP contribution in [0.2, 0.25) is 0 Å². The number of Topliss-reactive ketones (excluding diaryl/α,β-unsaturated/α-hetero) is 1. The number of hydrogen-bond acceptors (Lipinski definition) is 7. The van der Waals surface area contributed by atoms with E-state index in [4.69, 9.17) is 4.74 Å². The van der Waals surface area contributed by atoms with E-state index in [0.717, 1.165) is 21.3 Å². The minimum atomic E-state index is 0.117. The summed E-state index contributed by atoms with van der Waals surface area (Å²) < 4.78 is 6.40. The van der Waals surface area contributed by atoms with Crippen LogP contribution in [0.15, 0.2) is 52.9 Å². The van der Waals surface area contributed by atoms with Gasteiger partial charge in [0, 0.05) is 5.56 Å². The Kier molecular flexibility index (Phi) is 7.59. The minimum Gasteiger partial charge on any atom is -0.492 e. The molecule has 0 amide bonds. The van der Waals surface area contributed by atoms with Crippen LogP contribution in [-0.2, 0) is 0 Å². The zero-order chi connectivity index (χ0) is 21.5. The van der Waals surface area contributed by atoms with Crippen molar-refractivity contribution in [1.29, 1.82) is 0 Å². The van der Waals surface area contributed by atoms with Crippen LogP contribution < -0.4 is 10.1 Å². The number of rotatable bonds is 9. The van der Waals surface area contributed by atoms with Crippen LogP contribution in [0.4, 0.5) is 10.8 Å². The fourth-order valence-electron chi connectivity index (χ4n) is 3.87. The molecule has 3 aromatic rings. The van der Waals surface area contributed by atoms with Crippen molar-refractivity contribution in [3.05, 3.63) is 59.7 Å². The van der Waals surface area contributed by atoms with Crippen LogP contribution in [0.5, 0.6) is 5.75 Å². The van der Waals surface area contributed by atoms with Crippen molar-refractivity contribution in [2.45, 2.75) is 49.3 Å². The van der Waals surface area contributed by atoms with Crippen molar-refractivity contribution >= 4 is 39.7 Å². The van der Waals surface area contributed by atoms with E-state index < -0.39 is 0 Å². The Balaban J connectivity index is 1.31. The lowest BCUT2D eigenvalue weighted by Gasteiger charge is -2.22. The molecule has 1 aliphatic rings. The topological polar surface area (TPSA) is 64.1 Å². The number of benzene rings is 2. The molecule has 1 aliphatic carbocycles. The van der Waals surface area contributed by atoms with Gasteiger partial charge in [-0.25, -0.2) is 0 Å². The number of anilines is 2. The Hall–Kier alpha value is -2.38. The normalized spacial score (nSPS) is 14.4. The molecule has 31 heavy (non-hydrogen) atoms. The molecule has 0 saturated heterocycles. The standard InChI is InChI=1S/C24H27N3O2S2/c1-2-29-22-11-7-6-10-20(22)25-23-26-27-24(31-23)30-16-21(28)19-14-12-18(13-15-19)17-8-4-3-5-9-17/h6-7,10-15,17H,2-5,8-9,16H2,1H3,(H,25,26). The average Bonchev–Trinajstić information content (AvgIpc) is 3.27. The van der Waals surface area contributed by atoms with Gasteiger partial charge >= 0.3 is 0 Å². The van der Waals surface area contributed by atoms with E-state index in [1.54, 1.807) is 0 Å². The summed E-state index contributed by atoms with van der Waals surface area (Å²) in [4.78, 5) is 12.6. The van der Waals surface area contributed by atoms with Crippen LogP contribution in [-0.4, -0.2) is 28.3 Å². The molecule has 0 spiro atoms. The molecule has 0 aliphatic heterocycles. The quantitative estimate of drug-likeness (QED) is 0.287. The number of carbonyl (C=O) groups excluding carboxylic acids is 1. The summed E-state index contributed by atoms with van der Waals surface area (Å²) in [5.41, 5.74) is 2.99. The molecular weight excluding hydrogens is 426 g/mol. The van der Waals surface area contributed by atoms with E-state index in [-0.39, 0.29) is 5.78 Å². The van der Waals surface area contributed by atoms with E-state index in [2.05, 4.69) is 27.6 Å². The monoisotopic (exact) mass is 453 g/mol. The average molecular weight is 454 g/mol. The lowest BCUT2D eigenvalue weighted by molar-refractivity contribution is 0.102. The number of thioether (sulfide) groups is 1. The van der Waals surface area contributed by atoms with Crippen molar-refractivity contribution in [1.82, 2.24) is 10.2 Å². The molecule has 162 valence electrons. The highest BCUT2D eigenvalue weighted by Crippen LogP contribution is 2.34. The zero-order valence-electron chi connectivity index (χ0n) is 17.7. The Morgan fingerprint density at radius 2 is 1.87 bits per heavy atom. The Morgan fingerprint density at radius 3 is 2.65 bits per heavy atom. The highest BCUT2D eigenvalue weighted by atomic mass is 32.2. The maximum atomic E-state index is 12.6. The summed E-state index contributed by atoms with van der Waals surface area (Å²) in [7, 11) is 0.